The van der Waals surface area contributed by atoms with Crippen LogP contribution in [-0.4, -0.2) is 49.1 Å². The van der Waals surface area contributed by atoms with E-state index in [1.807, 2.05) is 30.3 Å². The van der Waals surface area contributed by atoms with E-state index >= 15 is 0 Å². The smallest absolute Gasteiger partial charge is 0.327 e. The van der Waals surface area contributed by atoms with Crippen LogP contribution in [0.25, 0.3) is 0 Å². The Bertz CT molecular complexity index is 945. The summed E-state index contributed by atoms with van der Waals surface area (Å²) in [5.74, 6) is -0.122. The number of carbonyl (C=O) groups excluding carboxylic acids is 2. The first-order valence-electron chi connectivity index (χ1n) is 10.7. The van der Waals surface area contributed by atoms with Crippen molar-refractivity contribution in [1.82, 2.24) is 5.32 Å². The lowest BCUT2D eigenvalue weighted by molar-refractivity contribution is -0.913. The summed E-state index contributed by atoms with van der Waals surface area (Å²) in [7, 11) is 0. The fraction of sp³-hybridized carbons (Fsp3) is 0.417. The Morgan fingerprint density at radius 3 is 2.55 bits per heavy atom. The molecule has 0 saturated carbocycles. The summed E-state index contributed by atoms with van der Waals surface area (Å²) in [5, 5.41) is 3.57. The molecule has 4 rings (SSSR count). The quantitative estimate of drug-likeness (QED) is 0.381. The summed E-state index contributed by atoms with van der Waals surface area (Å²) in [6, 6.07) is 14.5. The average molecular weight is 464 g/mol. The van der Waals surface area contributed by atoms with Crippen LogP contribution in [0.1, 0.15) is 37.3 Å². The zero-order valence-electron chi connectivity index (χ0n) is 17.7. The third-order valence-electron chi connectivity index (χ3n) is 6.74. The summed E-state index contributed by atoms with van der Waals surface area (Å²) in [6.07, 6.45) is 2.50. The Balaban J connectivity index is 0.00000272. The molecular formula is C24H29Cl2N2O3+. The molecule has 0 radical (unpaired) electrons. The number of quaternary nitrogens is 1. The minimum atomic E-state index is -1.18. The lowest BCUT2D eigenvalue weighted by Gasteiger charge is -2.33. The molecule has 2 heterocycles. The maximum atomic E-state index is 13.1. The molecule has 0 spiro atoms. The molecule has 1 saturated heterocycles. The van der Waals surface area contributed by atoms with Gasteiger partial charge < -0.3 is 14.5 Å². The molecule has 166 valence electrons. The molecule has 1 atom stereocenters. The topological polar surface area (TPSA) is 55.4 Å². The van der Waals surface area contributed by atoms with Gasteiger partial charge in [-0.1, -0.05) is 41.9 Å². The number of esters is 1. The first-order chi connectivity index (χ1) is 14.5. The molecule has 0 aromatic heterocycles. The molecule has 0 aliphatic carbocycles. The molecule has 2 aliphatic heterocycles. The van der Waals surface area contributed by atoms with Crippen LogP contribution in [0.2, 0.25) is 5.02 Å². The van der Waals surface area contributed by atoms with Crippen molar-refractivity contribution < 1.29 is 18.8 Å². The second-order valence-electron chi connectivity index (χ2n) is 8.36. The van der Waals surface area contributed by atoms with Crippen molar-refractivity contribution in [3.63, 3.8) is 0 Å². The summed E-state index contributed by atoms with van der Waals surface area (Å²) in [5.41, 5.74) is 0.205. The normalized spacial score (nSPS) is 21.2. The van der Waals surface area contributed by atoms with Crippen molar-refractivity contribution >= 4 is 35.9 Å². The minimum absolute atomic E-state index is 0. The average Bonchev–Trinajstić information content (AvgIpc) is 3.33. The highest BCUT2D eigenvalue weighted by molar-refractivity contribution is 6.30. The van der Waals surface area contributed by atoms with Crippen LogP contribution in [0.5, 0.6) is 5.75 Å². The number of ether oxygens (including phenoxy) is 1. The molecule has 1 fully saturated rings. The molecule has 7 heteroatoms. The van der Waals surface area contributed by atoms with E-state index in [1.54, 1.807) is 18.2 Å². The van der Waals surface area contributed by atoms with Gasteiger partial charge in [0.1, 0.15) is 11.2 Å². The second kappa shape index (κ2) is 9.60. The van der Waals surface area contributed by atoms with Crippen molar-refractivity contribution in [3.05, 3.63) is 64.7 Å². The van der Waals surface area contributed by atoms with Gasteiger partial charge in [0.15, 0.2) is 0 Å². The van der Waals surface area contributed by atoms with Gasteiger partial charge in [0, 0.05) is 23.4 Å². The van der Waals surface area contributed by atoms with Gasteiger partial charge >= 0.3 is 5.97 Å². The number of halogens is 2. The second-order valence-corrected chi connectivity index (χ2v) is 8.80. The molecular weight excluding hydrogens is 435 g/mol. The predicted octanol–water partition coefficient (Wildman–Crippen LogP) is 4.10. The minimum Gasteiger partial charge on any atom is -0.425 e. The zero-order chi connectivity index (χ0) is 21.2. The molecule has 1 amide bonds. The number of likely N-dealkylation sites (tertiary alicyclic amines) is 1. The fourth-order valence-electron chi connectivity index (χ4n) is 4.93. The van der Waals surface area contributed by atoms with E-state index in [1.165, 1.54) is 25.9 Å². The summed E-state index contributed by atoms with van der Waals surface area (Å²) >= 11 is 6.24. The van der Waals surface area contributed by atoms with Gasteiger partial charge in [-0.25, -0.2) is 0 Å². The van der Waals surface area contributed by atoms with E-state index < -0.39 is 11.4 Å². The van der Waals surface area contributed by atoms with Crippen molar-refractivity contribution in [2.45, 2.75) is 31.6 Å². The Kier molecular flexibility index (Phi) is 7.30. The van der Waals surface area contributed by atoms with Crippen LogP contribution in [-0.2, 0) is 15.0 Å². The van der Waals surface area contributed by atoms with Gasteiger partial charge in [0.05, 0.1) is 39.1 Å². The maximum absolute atomic E-state index is 13.1. The van der Waals surface area contributed by atoms with Crippen LogP contribution < -0.4 is 10.1 Å². The maximum Gasteiger partial charge on any atom is 0.327 e. The lowest BCUT2D eigenvalue weighted by Crippen LogP contribution is -2.50. The predicted molar refractivity (Wildman–Crippen MR) is 124 cm³/mol. The number of hydrogen-bond acceptors (Lipinski definition) is 3. The number of benzene rings is 2. The van der Waals surface area contributed by atoms with Gasteiger partial charge in [-0.15, -0.1) is 12.4 Å². The highest BCUT2D eigenvalue weighted by atomic mass is 35.5. The van der Waals surface area contributed by atoms with Gasteiger partial charge in [-0.2, -0.15) is 0 Å². The van der Waals surface area contributed by atoms with Crippen LogP contribution in [0, 0.1) is 0 Å². The van der Waals surface area contributed by atoms with E-state index in [9.17, 15) is 9.59 Å². The summed E-state index contributed by atoms with van der Waals surface area (Å²) < 4.78 is 6.63. The zero-order valence-corrected chi connectivity index (χ0v) is 19.3. The van der Waals surface area contributed by atoms with E-state index in [-0.39, 0.29) is 24.7 Å². The number of fused-ring (bicyclic) bond motifs is 1. The van der Waals surface area contributed by atoms with Gasteiger partial charge in [-0.3, -0.25) is 9.59 Å². The van der Waals surface area contributed by atoms with E-state index in [4.69, 9.17) is 16.3 Å². The van der Waals surface area contributed by atoms with Gasteiger partial charge in [0.25, 0.3) is 0 Å². The largest absolute Gasteiger partial charge is 0.425 e. The van der Waals surface area contributed by atoms with Crippen LogP contribution in [0.3, 0.4) is 0 Å². The first kappa shape index (κ1) is 23.6. The molecule has 2 aromatic rings. The van der Waals surface area contributed by atoms with E-state index in [0.29, 0.717) is 22.9 Å². The third-order valence-corrected chi connectivity index (χ3v) is 6.97. The Labute approximate surface area is 194 Å². The van der Waals surface area contributed by atoms with Crippen molar-refractivity contribution in [2.75, 3.05) is 32.7 Å². The fourth-order valence-corrected chi connectivity index (χ4v) is 5.10. The molecule has 0 bridgehead atoms. The first-order valence-corrected chi connectivity index (χ1v) is 11.1. The number of amides is 1. The molecule has 2 aliphatic rings. The van der Waals surface area contributed by atoms with E-state index in [0.717, 1.165) is 23.1 Å². The number of nitrogens with one attached hydrogen (secondary N) is 1. The number of hydrogen-bond donors (Lipinski definition) is 1. The Morgan fingerprint density at radius 2 is 1.87 bits per heavy atom. The molecule has 31 heavy (non-hydrogen) atoms. The van der Waals surface area contributed by atoms with Crippen LogP contribution in [0.4, 0.5) is 0 Å². The Morgan fingerprint density at radius 1 is 1.16 bits per heavy atom. The van der Waals surface area contributed by atoms with Crippen LogP contribution in [0.15, 0.2) is 48.5 Å². The lowest BCUT2D eigenvalue weighted by atomic mass is 9.73. The number of likely N-dealkylation sites (N-methyl/N-ethyl adjacent to an activating group) is 1. The number of nitrogens with zero attached hydrogens (tertiary/aromatic N) is 1. The number of rotatable bonds is 7. The van der Waals surface area contributed by atoms with Crippen molar-refractivity contribution in [3.8, 4) is 5.75 Å². The highest BCUT2D eigenvalue weighted by Crippen LogP contribution is 2.47. The monoisotopic (exact) mass is 463 g/mol. The van der Waals surface area contributed by atoms with Crippen molar-refractivity contribution in [2.24, 2.45) is 0 Å². The summed E-state index contributed by atoms with van der Waals surface area (Å²) in [4.78, 5) is 26.2. The van der Waals surface area contributed by atoms with Crippen LogP contribution >= 0.6 is 24.0 Å². The van der Waals surface area contributed by atoms with E-state index in [2.05, 4.69) is 12.2 Å². The van der Waals surface area contributed by atoms with Gasteiger partial charge in [0.2, 0.25) is 5.91 Å². The highest BCUT2D eigenvalue weighted by Gasteiger charge is 2.52. The Hall–Kier alpha value is -2.08. The SMILES string of the molecule is CC[N+]1(CCNC(=O)CC2(c3ccccc3)C(=O)Oc3ccc(Cl)cc32)CCCC1.Cl. The number of carbonyl (C=O) groups is 2. The molecule has 5 nitrogen and oxygen atoms in total. The molecule has 2 aromatic carbocycles. The van der Waals surface area contributed by atoms with Crippen molar-refractivity contribution in [1.29, 1.82) is 0 Å². The summed E-state index contributed by atoms with van der Waals surface area (Å²) in [6.45, 7) is 7.19. The molecule has 1 N–H and O–H groups in total. The van der Waals surface area contributed by atoms with Gasteiger partial charge in [-0.05, 0) is 30.7 Å². The third kappa shape index (κ3) is 4.45. The molecule has 1 unspecified atom stereocenters. The standard InChI is InChI=1S/C24H27ClN2O3.ClH/c1-2-27(13-6-7-14-27)15-12-26-22(28)17-24(18-8-4-3-5-9-18)20-16-19(25)10-11-21(20)30-23(24)29;/h3-5,8-11,16H,2,6-7,12-15,17H2,1H3;1H/p+1.